The number of carbonyl (C=O) groups is 2. The minimum absolute atomic E-state index is 0.297. The summed E-state index contributed by atoms with van der Waals surface area (Å²) in [4.78, 5) is 25.6. The van der Waals surface area contributed by atoms with Crippen LogP contribution in [-0.2, 0) is 9.59 Å². The van der Waals surface area contributed by atoms with Crippen LogP contribution in [0.5, 0.6) is 23.0 Å². The van der Waals surface area contributed by atoms with E-state index in [2.05, 4.69) is 0 Å². The van der Waals surface area contributed by atoms with E-state index in [-0.39, 0.29) is 11.6 Å². The molecule has 0 bridgehead atoms. The highest BCUT2D eigenvalue weighted by Crippen LogP contribution is 2.30. The highest BCUT2D eigenvalue weighted by Gasteiger charge is 2.32. The molecule has 0 aliphatic carbocycles. The third kappa shape index (κ3) is 6.72. The number of benzene rings is 2. The molecule has 0 spiro atoms. The van der Waals surface area contributed by atoms with Crippen LogP contribution in [0.1, 0.15) is 38.8 Å². The van der Waals surface area contributed by atoms with Crippen LogP contribution in [0.4, 0.5) is 0 Å². The van der Waals surface area contributed by atoms with Crippen molar-refractivity contribution in [2.24, 2.45) is 5.41 Å². The van der Waals surface area contributed by atoms with Gasteiger partial charge in [-0.05, 0) is 75.2 Å². The quantitative estimate of drug-likeness (QED) is 0.318. The summed E-state index contributed by atoms with van der Waals surface area (Å²) in [6, 6.07) is 10.8. The average Bonchev–Trinajstić information content (AvgIpc) is 2.82. The molecule has 0 aliphatic heterocycles. The van der Waals surface area contributed by atoms with Crippen molar-refractivity contribution < 1.29 is 28.5 Å². The number of carbonyl (C=O) groups excluding carboxylic acids is 2. The van der Waals surface area contributed by atoms with E-state index in [0.717, 1.165) is 11.1 Å². The standard InChI is InChI=1S/C27H32O6/c1-7-32-21-13-9-19(17-23(21)30-5)11-15-25(28)27(3,4)26(29)16-12-20-10-14-22(33-8-2)24(18-20)31-6/h9-18H,7-8H2,1-6H3/b15-11+,16-12+. The van der Waals surface area contributed by atoms with Crippen LogP contribution in [0.2, 0.25) is 0 Å². The van der Waals surface area contributed by atoms with Crippen LogP contribution < -0.4 is 18.9 Å². The zero-order valence-corrected chi connectivity index (χ0v) is 20.1. The fourth-order valence-electron chi connectivity index (χ4n) is 3.01. The van der Waals surface area contributed by atoms with Crippen molar-refractivity contribution in [3.8, 4) is 23.0 Å². The fourth-order valence-corrected chi connectivity index (χ4v) is 3.01. The molecule has 0 aromatic heterocycles. The Labute approximate surface area is 195 Å². The SMILES string of the molecule is CCOc1ccc(/C=C/C(=O)C(C)(C)C(=O)/C=C/c2ccc(OCC)c(OC)c2)cc1OC. The van der Waals surface area contributed by atoms with Crippen molar-refractivity contribution in [2.45, 2.75) is 27.7 Å². The molecule has 0 radical (unpaired) electrons. The molecule has 176 valence electrons. The van der Waals surface area contributed by atoms with Crippen molar-refractivity contribution in [1.29, 1.82) is 0 Å². The maximum atomic E-state index is 12.8. The van der Waals surface area contributed by atoms with E-state index >= 15 is 0 Å². The molecule has 2 rings (SSSR count). The van der Waals surface area contributed by atoms with Crippen LogP contribution in [-0.4, -0.2) is 39.0 Å². The van der Waals surface area contributed by atoms with Gasteiger partial charge in [0.05, 0.1) is 32.8 Å². The number of rotatable bonds is 12. The Morgan fingerprint density at radius 2 is 1.12 bits per heavy atom. The van der Waals surface area contributed by atoms with Gasteiger partial charge in [0, 0.05) is 0 Å². The highest BCUT2D eigenvalue weighted by atomic mass is 16.5. The van der Waals surface area contributed by atoms with Crippen molar-refractivity contribution in [3.05, 3.63) is 59.7 Å². The summed E-state index contributed by atoms with van der Waals surface area (Å²) in [7, 11) is 3.12. The van der Waals surface area contributed by atoms with Gasteiger partial charge in [-0.2, -0.15) is 0 Å². The molecule has 0 saturated carbocycles. The second-order valence-electron chi connectivity index (χ2n) is 7.71. The highest BCUT2D eigenvalue weighted by molar-refractivity contribution is 6.16. The summed E-state index contributed by atoms with van der Waals surface area (Å²) in [5, 5.41) is 0. The molecule has 0 N–H and O–H groups in total. The topological polar surface area (TPSA) is 71.1 Å². The van der Waals surface area contributed by atoms with Gasteiger partial charge in [0.2, 0.25) is 0 Å². The van der Waals surface area contributed by atoms with Crippen LogP contribution in [0.3, 0.4) is 0 Å². The summed E-state index contributed by atoms with van der Waals surface area (Å²) in [6.07, 6.45) is 6.16. The first-order valence-electron chi connectivity index (χ1n) is 10.8. The molecule has 0 unspecified atom stereocenters. The predicted molar refractivity (Wildman–Crippen MR) is 130 cm³/mol. The lowest BCUT2D eigenvalue weighted by Crippen LogP contribution is -2.30. The van der Waals surface area contributed by atoms with E-state index in [1.807, 2.05) is 26.0 Å². The van der Waals surface area contributed by atoms with Crippen molar-refractivity contribution in [1.82, 2.24) is 0 Å². The molecular weight excluding hydrogens is 420 g/mol. The minimum Gasteiger partial charge on any atom is -0.493 e. The lowest BCUT2D eigenvalue weighted by molar-refractivity contribution is -0.132. The zero-order chi connectivity index (χ0) is 24.4. The van der Waals surface area contributed by atoms with Gasteiger partial charge in [-0.15, -0.1) is 0 Å². The molecule has 6 heteroatoms. The smallest absolute Gasteiger partial charge is 0.169 e. The van der Waals surface area contributed by atoms with Gasteiger partial charge in [-0.3, -0.25) is 9.59 Å². The normalized spacial score (nSPS) is 11.6. The third-order valence-electron chi connectivity index (χ3n) is 5.06. The average molecular weight is 453 g/mol. The van der Waals surface area contributed by atoms with Gasteiger partial charge >= 0.3 is 0 Å². The molecule has 0 amide bonds. The van der Waals surface area contributed by atoms with Crippen LogP contribution >= 0.6 is 0 Å². The second kappa shape index (κ2) is 11.9. The summed E-state index contributed by atoms with van der Waals surface area (Å²) < 4.78 is 21.7. The van der Waals surface area contributed by atoms with Gasteiger partial charge in [0.1, 0.15) is 0 Å². The molecule has 0 aliphatic rings. The van der Waals surface area contributed by atoms with Gasteiger partial charge in [-0.1, -0.05) is 24.3 Å². The number of ether oxygens (including phenoxy) is 4. The summed E-state index contributed by atoms with van der Waals surface area (Å²) >= 11 is 0. The van der Waals surface area contributed by atoms with Gasteiger partial charge < -0.3 is 18.9 Å². The van der Waals surface area contributed by atoms with Crippen molar-refractivity contribution in [3.63, 3.8) is 0 Å². The molecule has 33 heavy (non-hydrogen) atoms. The summed E-state index contributed by atoms with van der Waals surface area (Å²) in [5.74, 6) is 1.83. The predicted octanol–water partition coefficient (Wildman–Crippen LogP) is 5.39. The largest absolute Gasteiger partial charge is 0.493 e. The second-order valence-corrected chi connectivity index (χ2v) is 7.71. The Kier molecular flexibility index (Phi) is 9.28. The molecule has 0 saturated heterocycles. The first-order valence-corrected chi connectivity index (χ1v) is 10.8. The Hall–Kier alpha value is -3.54. The first kappa shape index (κ1) is 25.7. The maximum Gasteiger partial charge on any atom is 0.169 e. The van der Waals surface area contributed by atoms with Crippen molar-refractivity contribution in [2.75, 3.05) is 27.4 Å². The van der Waals surface area contributed by atoms with E-state index in [0.29, 0.717) is 36.2 Å². The fraction of sp³-hybridized carbons (Fsp3) is 0.333. The van der Waals surface area contributed by atoms with Crippen LogP contribution in [0.25, 0.3) is 12.2 Å². The Balaban J connectivity index is 2.13. The number of hydrogen-bond acceptors (Lipinski definition) is 6. The van der Waals surface area contributed by atoms with E-state index < -0.39 is 5.41 Å². The van der Waals surface area contributed by atoms with Crippen LogP contribution in [0.15, 0.2) is 48.6 Å². The Morgan fingerprint density at radius 3 is 1.45 bits per heavy atom. The molecule has 0 atom stereocenters. The van der Waals surface area contributed by atoms with Gasteiger partial charge in [0.15, 0.2) is 34.6 Å². The molecule has 2 aromatic carbocycles. The molecule has 0 heterocycles. The first-order chi connectivity index (χ1) is 15.8. The number of hydrogen-bond donors (Lipinski definition) is 0. The Bertz CT molecular complexity index is 951. The monoisotopic (exact) mass is 452 g/mol. The van der Waals surface area contributed by atoms with E-state index in [1.54, 1.807) is 64.5 Å². The summed E-state index contributed by atoms with van der Waals surface area (Å²) in [5.41, 5.74) is 0.324. The van der Waals surface area contributed by atoms with E-state index in [1.165, 1.54) is 12.2 Å². The molecule has 0 fully saturated rings. The minimum atomic E-state index is -1.21. The van der Waals surface area contributed by atoms with Crippen LogP contribution in [0, 0.1) is 5.41 Å². The van der Waals surface area contributed by atoms with Crippen molar-refractivity contribution >= 4 is 23.7 Å². The third-order valence-corrected chi connectivity index (χ3v) is 5.06. The van der Waals surface area contributed by atoms with E-state index in [9.17, 15) is 9.59 Å². The van der Waals surface area contributed by atoms with Gasteiger partial charge in [0.25, 0.3) is 0 Å². The number of allylic oxidation sites excluding steroid dienone is 2. The lowest BCUT2D eigenvalue weighted by Gasteiger charge is -2.17. The Morgan fingerprint density at radius 1 is 0.727 bits per heavy atom. The van der Waals surface area contributed by atoms with E-state index in [4.69, 9.17) is 18.9 Å². The molecule has 2 aromatic rings. The zero-order valence-electron chi connectivity index (χ0n) is 20.1. The number of ketones is 2. The summed E-state index contributed by atoms with van der Waals surface area (Å²) in [6.45, 7) is 8.07. The number of methoxy groups -OCH3 is 2. The van der Waals surface area contributed by atoms with Gasteiger partial charge in [-0.25, -0.2) is 0 Å². The molecular formula is C27H32O6. The maximum absolute atomic E-state index is 12.8. The lowest BCUT2D eigenvalue weighted by atomic mass is 9.82. The molecule has 6 nitrogen and oxygen atoms in total.